The average molecular weight is 334 g/mol. The molecule has 0 saturated carbocycles. The standard InChI is InChI=1S/C15H22N6O3/c1-4-5-8-20-12(16)11(13(22)18-15(20)24)19(3)14(23)10(2)21-9-6-7-17-21/h6-7,9-10H,4-5,8,16H2,1-3H3,(H,18,22,24). The Labute approximate surface area is 138 Å². The fraction of sp³-hybridized carbons (Fsp3) is 0.467. The van der Waals surface area contributed by atoms with Gasteiger partial charge in [-0.05, 0) is 19.4 Å². The second-order valence-corrected chi connectivity index (χ2v) is 5.56. The molecule has 2 rings (SSSR count). The van der Waals surface area contributed by atoms with Crippen LogP contribution in [0.1, 0.15) is 32.7 Å². The van der Waals surface area contributed by atoms with Gasteiger partial charge in [0.05, 0.1) is 0 Å². The van der Waals surface area contributed by atoms with Gasteiger partial charge < -0.3 is 10.6 Å². The summed E-state index contributed by atoms with van der Waals surface area (Å²) in [6.45, 7) is 4.03. The molecule has 3 N–H and O–H groups in total. The van der Waals surface area contributed by atoms with Crippen molar-refractivity contribution in [2.75, 3.05) is 17.7 Å². The lowest BCUT2D eigenvalue weighted by Gasteiger charge is -2.23. The third-order valence-electron chi connectivity index (χ3n) is 3.89. The number of amides is 1. The van der Waals surface area contributed by atoms with E-state index in [1.54, 1.807) is 25.4 Å². The van der Waals surface area contributed by atoms with Gasteiger partial charge in [0.1, 0.15) is 11.9 Å². The zero-order valence-electron chi connectivity index (χ0n) is 14.0. The molecule has 9 heteroatoms. The summed E-state index contributed by atoms with van der Waals surface area (Å²) >= 11 is 0. The first-order valence-electron chi connectivity index (χ1n) is 7.77. The van der Waals surface area contributed by atoms with Gasteiger partial charge in [-0.3, -0.25) is 23.8 Å². The number of nitrogens with zero attached hydrogens (tertiary/aromatic N) is 4. The van der Waals surface area contributed by atoms with Crippen LogP contribution in [0, 0.1) is 0 Å². The minimum absolute atomic E-state index is 0.0132. The number of rotatable bonds is 6. The number of nitrogens with one attached hydrogen (secondary N) is 1. The lowest BCUT2D eigenvalue weighted by atomic mass is 10.2. The van der Waals surface area contributed by atoms with Crippen molar-refractivity contribution in [2.24, 2.45) is 0 Å². The van der Waals surface area contributed by atoms with E-state index in [-0.39, 0.29) is 17.4 Å². The number of carbonyl (C=O) groups is 1. The molecular formula is C15H22N6O3. The predicted molar refractivity (Wildman–Crippen MR) is 91.0 cm³/mol. The number of nitrogen functional groups attached to an aromatic ring is 1. The fourth-order valence-corrected chi connectivity index (χ4v) is 2.45. The van der Waals surface area contributed by atoms with Gasteiger partial charge in [0, 0.05) is 26.0 Å². The van der Waals surface area contributed by atoms with Gasteiger partial charge in [-0.25, -0.2) is 4.79 Å². The molecule has 0 spiro atoms. The lowest BCUT2D eigenvalue weighted by Crippen LogP contribution is -2.41. The van der Waals surface area contributed by atoms with Gasteiger partial charge >= 0.3 is 5.69 Å². The lowest BCUT2D eigenvalue weighted by molar-refractivity contribution is -0.121. The minimum Gasteiger partial charge on any atom is -0.383 e. The summed E-state index contributed by atoms with van der Waals surface area (Å²) in [6, 6.07) is 1.09. The summed E-state index contributed by atoms with van der Waals surface area (Å²) in [5.74, 6) is -0.377. The maximum absolute atomic E-state index is 12.6. The van der Waals surface area contributed by atoms with Crippen molar-refractivity contribution in [3.8, 4) is 0 Å². The van der Waals surface area contributed by atoms with E-state index in [9.17, 15) is 14.4 Å². The number of aromatic amines is 1. The Morgan fingerprint density at radius 2 is 2.17 bits per heavy atom. The predicted octanol–water partition coefficient (Wildman–Crippen LogP) is 0.339. The van der Waals surface area contributed by atoms with E-state index in [0.29, 0.717) is 6.54 Å². The molecule has 0 aliphatic carbocycles. The summed E-state index contributed by atoms with van der Waals surface area (Å²) < 4.78 is 2.76. The van der Waals surface area contributed by atoms with Gasteiger partial charge in [0.15, 0.2) is 5.69 Å². The van der Waals surface area contributed by atoms with Crippen LogP contribution in [0.3, 0.4) is 0 Å². The van der Waals surface area contributed by atoms with Crippen molar-refractivity contribution in [1.29, 1.82) is 0 Å². The highest BCUT2D eigenvalue weighted by molar-refractivity contribution is 5.97. The summed E-state index contributed by atoms with van der Waals surface area (Å²) in [7, 11) is 1.46. The second kappa shape index (κ2) is 7.16. The molecule has 2 aromatic heterocycles. The van der Waals surface area contributed by atoms with Crippen LogP contribution in [-0.4, -0.2) is 32.3 Å². The van der Waals surface area contributed by atoms with Gasteiger partial charge in [0.2, 0.25) is 0 Å². The van der Waals surface area contributed by atoms with E-state index in [4.69, 9.17) is 5.73 Å². The molecule has 0 aliphatic rings. The molecule has 2 aromatic rings. The molecule has 0 fully saturated rings. The maximum atomic E-state index is 12.6. The van der Waals surface area contributed by atoms with Crippen molar-refractivity contribution in [3.05, 3.63) is 39.3 Å². The molecule has 130 valence electrons. The molecular weight excluding hydrogens is 312 g/mol. The van der Waals surface area contributed by atoms with Crippen LogP contribution in [0.15, 0.2) is 28.0 Å². The topological polar surface area (TPSA) is 119 Å². The molecule has 0 bridgehead atoms. The monoisotopic (exact) mass is 334 g/mol. The molecule has 1 unspecified atom stereocenters. The van der Waals surface area contributed by atoms with Gasteiger partial charge in [0.25, 0.3) is 11.5 Å². The highest BCUT2D eigenvalue weighted by Crippen LogP contribution is 2.19. The van der Waals surface area contributed by atoms with Crippen LogP contribution in [-0.2, 0) is 11.3 Å². The van der Waals surface area contributed by atoms with Crippen molar-refractivity contribution >= 4 is 17.4 Å². The number of H-pyrrole nitrogens is 1. The highest BCUT2D eigenvalue weighted by Gasteiger charge is 2.25. The zero-order chi connectivity index (χ0) is 17.9. The third-order valence-corrected chi connectivity index (χ3v) is 3.89. The normalized spacial score (nSPS) is 12.1. The quantitative estimate of drug-likeness (QED) is 0.789. The molecule has 0 radical (unpaired) electrons. The molecule has 0 saturated heterocycles. The Kier molecular flexibility index (Phi) is 5.22. The Morgan fingerprint density at radius 1 is 1.46 bits per heavy atom. The van der Waals surface area contributed by atoms with Gasteiger partial charge in [-0.2, -0.15) is 5.10 Å². The largest absolute Gasteiger partial charge is 0.383 e. The number of nitrogens with two attached hydrogens (primary N) is 1. The Balaban J connectivity index is 2.41. The molecule has 9 nitrogen and oxygen atoms in total. The van der Waals surface area contributed by atoms with Crippen molar-refractivity contribution in [2.45, 2.75) is 39.3 Å². The number of hydrogen-bond donors (Lipinski definition) is 2. The number of likely N-dealkylation sites (N-methyl/N-ethyl adjacent to an activating group) is 1. The maximum Gasteiger partial charge on any atom is 0.330 e. The number of carbonyl (C=O) groups excluding carboxylic acids is 1. The van der Waals surface area contributed by atoms with Crippen LogP contribution in [0.25, 0.3) is 0 Å². The number of hydrogen-bond acceptors (Lipinski definition) is 5. The van der Waals surface area contributed by atoms with Crippen LogP contribution in [0.2, 0.25) is 0 Å². The number of unbranched alkanes of at least 4 members (excludes halogenated alkanes) is 1. The van der Waals surface area contributed by atoms with E-state index in [0.717, 1.165) is 12.8 Å². The Bertz CT molecular complexity index is 821. The number of anilines is 2. The summed E-state index contributed by atoms with van der Waals surface area (Å²) in [6.07, 6.45) is 4.82. The van der Waals surface area contributed by atoms with E-state index in [2.05, 4.69) is 10.1 Å². The van der Waals surface area contributed by atoms with Crippen molar-refractivity contribution in [1.82, 2.24) is 19.3 Å². The smallest absolute Gasteiger partial charge is 0.330 e. The van der Waals surface area contributed by atoms with Crippen molar-refractivity contribution in [3.63, 3.8) is 0 Å². The van der Waals surface area contributed by atoms with E-state index in [1.165, 1.54) is 21.2 Å². The SMILES string of the molecule is CCCCn1c(N)c(N(C)C(=O)C(C)n2cccn2)c(=O)[nH]c1=O. The zero-order valence-corrected chi connectivity index (χ0v) is 14.0. The first-order chi connectivity index (χ1) is 11.4. The first-order valence-corrected chi connectivity index (χ1v) is 7.77. The van der Waals surface area contributed by atoms with Crippen LogP contribution >= 0.6 is 0 Å². The average Bonchev–Trinajstić information content (AvgIpc) is 3.07. The summed E-state index contributed by atoms with van der Waals surface area (Å²) in [4.78, 5) is 40.1. The Hall–Kier alpha value is -2.84. The molecule has 1 amide bonds. The molecule has 0 aromatic carbocycles. The minimum atomic E-state index is -0.686. The van der Waals surface area contributed by atoms with Gasteiger partial charge in [-0.1, -0.05) is 13.3 Å². The molecule has 2 heterocycles. The first kappa shape index (κ1) is 17.5. The highest BCUT2D eigenvalue weighted by atomic mass is 16.2. The van der Waals surface area contributed by atoms with Gasteiger partial charge in [-0.15, -0.1) is 0 Å². The molecule has 1 atom stereocenters. The third kappa shape index (κ3) is 3.24. The van der Waals surface area contributed by atoms with Crippen LogP contribution in [0.5, 0.6) is 0 Å². The van der Waals surface area contributed by atoms with E-state index < -0.39 is 17.3 Å². The van der Waals surface area contributed by atoms with Crippen LogP contribution in [0.4, 0.5) is 11.5 Å². The van der Waals surface area contributed by atoms with Crippen LogP contribution < -0.4 is 21.9 Å². The fourth-order valence-electron chi connectivity index (χ4n) is 2.45. The second-order valence-electron chi connectivity index (χ2n) is 5.56. The van der Waals surface area contributed by atoms with Crippen molar-refractivity contribution < 1.29 is 4.79 Å². The van der Waals surface area contributed by atoms with E-state index in [1.807, 2.05) is 6.92 Å². The Morgan fingerprint density at radius 3 is 2.75 bits per heavy atom. The van der Waals surface area contributed by atoms with E-state index >= 15 is 0 Å². The summed E-state index contributed by atoms with van der Waals surface area (Å²) in [5, 5.41) is 4.03. The molecule has 0 aliphatic heterocycles. The number of aromatic nitrogens is 4. The summed E-state index contributed by atoms with van der Waals surface area (Å²) in [5.41, 5.74) is 4.72. The molecule has 24 heavy (non-hydrogen) atoms.